The molecule has 0 aromatic heterocycles. The SMILES string of the molecule is Cl.O=C(c1ccccc1)N1CCN=C(/C=C/c2ccc(Cl)c(Cl)c2)c2ccccc21. The van der Waals surface area contributed by atoms with E-state index < -0.39 is 0 Å². The van der Waals surface area contributed by atoms with Gasteiger partial charge in [0, 0.05) is 17.7 Å². The van der Waals surface area contributed by atoms with Gasteiger partial charge in [0.05, 0.1) is 28.0 Å². The molecule has 6 heteroatoms. The molecular weight excluding hydrogens is 439 g/mol. The van der Waals surface area contributed by atoms with Gasteiger partial charge in [-0.3, -0.25) is 9.79 Å². The fraction of sp³-hybridized carbons (Fsp3) is 0.0833. The fourth-order valence-corrected chi connectivity index (χ4v) is 3.59. The maximum absolute atomic E-state index is 13.1. The molecule has 0 fully saturated rings. The molecule has 1 aliphatic heterocycles. The van der Waals surface area contributed by atoms with Crippen LogP contribution in [0.25, 0.3) is 6.08 Å². The Kier molecular flexibility index (Phi) is 7.33. The van der Waals surface area contributed by atoms with Crippen molar-refractivity contribution in [1.29, 1.82) is 0 Å². The summed E-state index contributed by atoms with van der Waals surface area (Å²) in [6, 6.07) is 22.7. The van der Waals surface area contributed by atoms with Crippen LogP contribution in [0.4, 0.5) is 5.69 Å². The highest BCUT2D eigenvalue weighted by Crippen LogP contribution is 2.27. The Morgan fingerprint density at radius 1 is 0.900 bits per heavy atom. The minimum absolute atomic E-state index is 0. The Morgan fingerprint density at radius 3 is 2.40 bits per heavy atom. The Hall–Kier alpha value is -2.59. The highest BCUT2D eigenvalue weighted by atomic mass is 35.5. The van der Waals surface area contributed by atoms with Crippen LogP contribution in [-0.2, 0) is 0 Å². The van der Waals surface area contributed by atoms with Crippen LogP contribution in [0.5, 0.6) is 0 Å². The summed E-state index contributed by atoms with van der Waals surface area (Å²) in [5.74, 6) is -0.0250. The van der Waals surface area contributed by atoms with Crippen molar-refractivity contribution >= 4 is 59.0 Å². The maximum atomic E-state index is 13.1. The van der Waals surface area contributed by atoms with E-state index in [1.165, 1.54) is 0 Å². The van der Waals surface area contributed by atoms with Gasteiger partial charge in [0.25, 0.3) is 5.91 Å². The first-order chi connectivity index (χ1) is 14.1. The van der Waals surface area contributed by atoms with Gasteiger partial charge in [-0.25, -0.2) is 0 Å². The molecule has 4 rings (SSSR count). The quantitative estimate of drug-likeness (QED) is 0.437. The second-order valence-corrected chi connectivity index (χ2v) is 7.43. The third kappa shape index (κ3) is 4.76. The zero-order valence-corrected chi connectivity index (χ0v) is 18.3. The van der Waals surface area contributed by atoms with E-state index in [4.69, 9.17) is 28.2 Å². The van der Waals surface area contributed by atoms with Crippen molar-refractivity contribution in [3.63, 3.8) is 0 Å². The summed E-state index contributed by atoms with van der Waals surface area (Å²) in [5.41, 5.74) is 4.20. The number of benzene rings is 3. The standard InChI is InChI=1S/C24H18Cl2N2O.ClH/c25-20-12-10-17(16-21(20)26)11-13-22-19-8-4-5-9-23(19)28(15-14-27-22)24(29)18-6-2-1-3-7-18;/h1-13,16H,14-15H2;1H/b13-11+;. The van der Waals surface area contributed by atoms with Gasteiger partial charge in [-0.1, -0.05) is 71.7 Å². The summed E-state index contributed by atoms with van der Waals surface area (Å²) in [6.45, 7) is 1.04. The lowest BCUT2D eigenvalue weighted by atomic mass is 10.0. The van der Waals surface area contributed by atoms with Gasteiger partial charge in [0.15, 0.2) is 0 Å². The highest BCUT2D eigenvalue weighted by molar-refractivity contribution is 6.42. The summed E-state index contributed by atoms with van der Waals surface area (Å²) in [4.78, 5) is 19.6. The zero-order valence-electron chi connectivity index (χ0n) is 16.0. The number of anilines is 1. The number of aliphatic imine (C=N–C) groups is 1. The molecule has 0 aliphatic carbocycles. The molecule has 0 atom stereocenters. The number of carbonyl (C=O) groups excluding carboxylic acids is 1. The number of hydrogen-bond donors (Lipinski definition) is 0. The number of rotatable bonds is 3. The van der Waals surface area contributed by atoms with Crippen LogP contribution in [0.3, 0.4) is 0 Å². The first-order valence-electron chi connectivity index (χ1n) is 9.27. The molecule has 30 heavy (non-hydrogen) atoms. The van der Waals surface area contributed by atoms with E-state index in [1.807, 2.05) is 78.9 Å². The lowest BCUT2D eigenvalue weighted by molar-refractivity contribution is 0.0988. The van der Waals surface area contributed by atoms with E-state index in [2.05, 4.69) is 0 Å². The average Bonchev–Trinajstić information content (AvgIpc) is 2.94. The number of fused-ring (bicyclic) bond motifs is 1. The fourth-order valence-electron chi connectivity index (χ4n) is 3.28. The van der Waals surface area contributed by atoms with Gasteiger partial charge in [0.1, 0.15) is 0 Å². The molecule has 3 nitrogen and oxygen atoms in total. The summed E-state index contributed by atoms with van der Waals surface area (Å²) in [6.07, 6.45) is 3.90. The van der Waals surface area contributed by atoms with E-state index in [9.17, 15) is 4.79 Å². The lowest BCUT2D eigenvalue weighted by Crippen LogP contribution is -2.33. The third-order valence-electron chi connectivity index (χ3n) is 4.72. The van der Waals surface area contributed by atoms with Gasteiger partial charge >= 0.3 is 0 Å². The number of hydrogen-bond acceptors (Lipinski definition) is 2. The smallest absolute Gasteiger partial charge is 0.258 e. The molecule has 0 saturated heterocycles. The van der Waals surface area contributed by atoms with Crippen LogP contribution in [0.2, 0.25) is 10.0 Å². The average molecular weight is 458 g/mol. The van der Waals surface area contributed by atoms with Crippen molar-refractivity contribution in [2.24, 2.45) is 4.99 Å². The number of halogens is 3. The van der Waals surface area contributed by atoms with Gasteiger partial charge in [0.2, 0.25) is 0 Å². The van der Waals surface area contributed by atoms with Crippen LogP contribution < -0.4 is 4.90 Å². The summed E-state index contributed by atoms with van der Waals surface area (Å²) >= 11 is 12.1. The second kappa shape index (κ2) is 9.94. The monoisotopic (exact) mass is 456 g/mol. The predicted octanol–water partition coefficient (Wildman–Crippen LogP) is 6.58. The first kappa shape index (κ1) is 22.1. The van der Waals surface area contributed by atoms with Crippen molar-refractivity contribution in [3.05, 3.63) is 106 Å². The molecule has 0 spiro atoms. The van der Waals surface area contributed by atoms with Crippen molar-refractivity contribution in [1.82, 2.24) is 0 Å². The van der Waals surface area contributed by atoms with E-state index in [0.717, 1.165) is 22.5 Å². The van der Waals surface area contributed by atoms with Crippen LogP contribution in [-0.4, -0.2) is 24.7 Å². The first-order valence-corrected chi connectivity index (χ1v) is 10.0. The Labute approximate surface area is 192 Å². The van der Waals surface area contributed by atoms with Crippen LogP contribution >= 0.6 is 35.6 Å². The number of carbonyl (C=O) groups is 1. The minimum Gasteiger partial charge on any atom is -0.306 e. The zero-order chi connectivity index (χ0) is 20.2. The largest absolute Gasteiger partial charge is 0.306 e. The number of benzodiazepines with no additional fused rings is 1. The van der Waals surface area contributed by atoms with Crippen LogP contribution in [0.15, 0.2) is 83.9 Å². The Morgan fingerprint density at radius 2 is 1.63 bits per heavy atom. The molecule has 0 N–H and O–H groups in total. The summed E-state index contributed by atoms with van der Waals surface area (Å²) in [7, 11) is 0. The normalized spacial score (nSPS) is 13.3. The highest BCUT2D eigenvalue weighted by Gasteiger charge is 2.23. The number of para-hydroxylation sites is 1. The molecule has 152 valence electrons. The number of amides is 1. The second-order valence-electron chi connectivity index (χ2n) is 6.61. The van der Waals surface area contributed by atoms with Crippen molar-refractivity contribution in [3.8, 4) is 0 Å². The summed E-state index contributed by atoms with van der Waals surface area (Å²) in [5, 5.41) is 1.03. The third-order valence-corrected chi connectivity index (χ3v) is 5.46. The van der Waals surface area contributed by atoms with Gasteiger partial charge < -0.3 is 4.90 Å². The van der Waals surface area contributed by atoms with Crippen molar-refractivity contribution in [2.45, 2.75) is 0 Å². The van der Waals surface area contributed by atoms with Crippen LogP contribution in [0, 0.1) is 0 Å². The maximum Gasteiger partial charge on any atom is 0.258 e. The molecule has 0 unspecified atom stereocenters. The molecular formula is C24H19Cl3N2O. The lowest BCUT2D eigenvalue weighted by Gasteiger charge is -2.22. The Bertz CT molecular complexity index is 1110. The molecule has 1 amide bonds. The van der Waals surface area contributed by atoms with E-state index in [1.54, 1.807) is 11.0 Å². The molecule has 1 heterocycles. The van der Waals surface area contributed by atoms with Gasteiger partial charge in [-0.05, 0) is 42.0 Å². The molecule has 3 aromatic carbocycles. The van der Waals surface area contributed by atoms with E-state index in [0.29, 0.717) is 28.7 Å². The van der Waals surface area contributed by atoms with Crippen molar-refractivity contribution in [2.75, 3.05) is 18.0 Å². The topological polar surface area (TPSA) is 32.7 Å². The molecule has 0 radical (unpaired) electrons. The van der Waals surface area contributed by atoms with Crippen molar-refractivity contribution < 1.29 is 4.79 Å². The number of allylic oxidation sites excluding steroid dienone is 1. The van der Waals surface area contributed by atoms with Gasteiger partial charge in [-0.2, -0.15) is 0 Å². The molecule has 1 aliphatic rings. The molecule has 0 bridgehead atoms. The summed E-state index contributed by atoms with van der Waals surface area (Å²) < 4.78 is 0. The van der Waals surface area contributed by atoms with E-state index in [-0.39, 0.29) is 18.3 Å². The van der Waals surface area contributed by atoms with E-state index >= 15 is 0 Å². The van der Waals surface area contributed by atoms with Gasteiger partial charge in [-0.15, -0.1) is 12.4 Å². The predicted molar refractivity (Wildman–Crippen MR) is 129 cm³/mol. The number of nitrogens with zero attached hydrogens (tertiary/aromatic N) is 2. The van der Waals surface area contributed by atoms with Crippen LogP contribution in [0.1, 0.15) is 21.5 Å². The molecule has 0 saturated carbocycles. The minimum atomic E-state index is -0.0250. The Balaban J connectivity index is 0.00000256. The molecule has 3 aromatic rings.